The number of rotatable bonds is 8. The van der Waals surface area contributed by atoms with Crippen molar-refractivity contribution in [3.63, 3.8) is 0 Å². The van der Waals surface area contributed by atoms with Crippen LogP contribution in [0, 0.1) is 34.0 Å². The number of benzene rings is 1. The number of carbonyl (C=O) groups is 1. The van der Waals surface area contributed by atoms with Crippen LogP contribution in [0.25, 0.3) is 5.57 Å². The van der Waals surface area contributed by atoms with Gasteiger partial charge < -0.3 is 25.1 Å². The van der Waals surface area contributed by atoms with E-state index in [2.05, 4.69) is 0 Å². The number of hydrogen-bond donors (Lipinski definition) is 3. The summed E-state index contributed by atoms with van der Waals surface area (Å²) in [7, 11) is 0. The second-order valence-electron chi connectivity index (χ2n) is 5.97. The first-order valence-corrected chi connectivity index (χ1v) is 8.76. The van der Waals surface area contributed by atoms with Gasteiger partial charge in [-0.15, -0.1) is 0 Å². The molecule has 0 saturated heterocycles. The van der Waals surface area contributed by atoms with E-state index in [0.717, 1.165) is 4.90 Å². The highest BCUT2D eigenvalue weighted by Gasteiger charge is 2.38. The lowest BCUT2D eigenvalue weighted by Crippen LogP contribution is -2.30. The molecule has 0 spiro atoms. The Labute approximate surface area is 167 Å². The molecular weight excluding hydrogens is 374 g/mol. The maximum absolute atomic E-state index is 12.9. The zero-order chi connectivity index (χ0) is 21.4. The highest BCUT2D eigenvalue weighted by Crippen LogP contribution is 2.37. The van der Waals surface area contributed by atoms with E-state index in [0.29, 0.717) is 24.3 Å². The Bertz CT molecular complexity index is 939. The molecule has 9 heteroatoms. The number of anilines is 1. The zero-order valence-corrected chi connectivity index (χ0v) is 15.5. The molecule has 2 rings (SSSR count). The number of aliphatic hydroxyl groups is 3. The summed E-state index contributed by atoms with van der Waals surface area (Å²) in [5.41, 5.74) is 0.582. The van der Waals surface area contributed by atoms with Crippen molar-refractivity contribution in [2.75, 3.05) is 44.4 Å². The van der Waals surface area contributed by atoms with Crippen LogP contribution in [0.1, 0.15) is 5.56 Å². The molecule has 1 aromatic carbocycles. The van der Waals surface area contributed by atoms with Gasteiger partial charge in [-0.3, -0.25) is 4.79 Å². The second-order valence-corrected chi connectivity index (χ2v) is 5.97. The summed E-state index contributed by atoms with van der Waals surface area (Å²) in [6, 6.07) is 11.9. The summed E-state index contributed by atoms with van der Waals surface area (Å²) in [5.74, 6) is -0.580. The number of allylic oxidation sites excluding steroid dienone is 2. The number of aliphatic hydroxyl groups excluding tert-OH is 3. The van der Waals surface area contributed by atoms with Crippen LogP contribution in [0.15, 0.2) is 41.1 Å². The van der Waals surface area contributed by atoms with E-state index < -0.39 is 12.5 Å². The molecule has 1 heterocycles. The first-order valence-electron chi connectivity index (χ1n) is 8.76. The topological polar surface area (TPSA) is 156 Å². The molecule has 0 radical (unpaired) electrons. The van der Waals surface area contributed by atoms with E-state index in [-0.39, 0.29) is 42.2 Å². The molecule has 1 aliphatic heterocycles. The van der Waals surface area contributed by atoms with Crippen molar-refractivity contribution < 1.29 is 20.1 Å². The Hall–Kier alpha value is -3.68. The Morgan fingerprint density at radius 1 is 0.966 bits per heavy atom. The van der Waals surface area contributed by atoms with Gasteiger partial charge in [0.25, 0.3) is 5.91 Å². The van der Waals surface area contributed by atoms with Crippen LogP contribution < -0.4 is 4.90 Å². The standard InChI is InChI=1S/C20H19N5O4/c21-11-15(12-22)19-17(13-23)18(20(29)25(19)7-10-28)14-1-3-16(4-2-14)24(5-8-26)6-9-27/h1-4,26-28H,5-10H2. The first kappa shape index (κ1) is 21.6. The van der Waals surface area contributed by atoms with Crippen molar-refractivity contribution in [3.05, 3.63) is 46.7 Å². The largest absolute Gasteiger partial charge is 0.395 e. The highest BCUT2D eigenvalue weighted by atomic mass is 16.3. The maximum atomic E-state index is 12.9. The fraction of sp³-hybridized carbons (Fsp3) is 0.300. The van der Waals surface area contributed by atoms with Crippen LogP contribution in [0.4, 0.5) is 5.69 Å². The van der Waals surface area contributed by atoms with Gasteiger partial charge in [-0.25, -0.2) is 0 Å². The molecule has 0 aromatic heterocycles. The third kappa shape index (κ3) is 4.26. The first-order chi connectivity index (χ1) is 14.1. The molecule has 0 saturated carbocycles. The minimum Gasteiger partial charge on any atom is -0.395 e. The third-order valence-corrected chi connectivity index (χ3v) is 4.37. The van der Waals surface area contributed by atoms with Crippen LogP contribution in [0.2, 0.25) is 0 Å². The SMILES string of the molecule is N#CC(C#N)=C1C(C#N)=C(c2ccc(N(CCO)CCO)cc2)C(=O)N1CCO. The second kappa shape index (κ2) is 10.0. The van der Waals surface area contributed by atoms with Gasteiger partial charge in [0.05, 0.1) is 36.7 Å². The van der Waals surface area contributed by atoms with Crippen LogP contribution >= 0.6 is 0 Å². The Kier molecular flexibility index (Phi) is 7.47. The molecule has 1 amide bonds. The number of β-amino-alcohol motifs (C(OH)–C–C–N with tert-alkyl or cyclic N) is 1. The minimum atomic E-state index is -0.580. The normalized spacial score (nSPS) is 13.2. The summed E-state index contributed by atoms with van der Waals surface area (Å²) in [6.45, 7) is -0.124. The number of amides is 1. The summed E-state index contributed by atoms with van der Waals surface area (Å²) >= 11 is 0. The lowest BCUT2D eigenvalue weighted by Gasteiger charge is -2.23. The summed E-state index contributed by atoms with van der Waals surface area (Å²) < 4.78 is 0. The number of hydrogen-bond acceptors (Lipinski definition) is 8. The average molecular weight is 393 g/mol. The molecule has 148 valence electrons. The lowest BCUT2D eigenvalue weighted by atomic mass is 9.99. The molecule has 0 aliphatic carbocycles. The van der Waals surface area contributed by atoms with E-state index in [4.69, 9.17) is 10.2 Å². The van der Waals surface area contributed by atoms with Crippen LogP contribution in [-0.2, 0) is 4.79 Å². The van der Waals surface area contributed by atoms with E-state index in [1.807, 2.05) is 6.07 Å². The molecular formula is C20H19N5O4. The van der Waals surface area contributed by atoms with Gasteiger partial charge in [0.2, 0.25) is 0 Å². The average Bonchev–Trinajstić information content (AvgIpc) is 3.01. The molecule has 0 unspecified atom stereocenters. The minimum absolute atomic E-state index is 0.0429. The molecule has 0 bridgehead atoms. The third-order valence-electron chi connectivity index (χ3n) is 4.37. The molecule has 1 aromatic rings. The monoisotopic (exact) mass is 393 g/mol. The van der Waals surface area contributed by atoms with Gasteiger partial charge in [0.15, 0.2) is 5.57 Å². The molecule has 0 fully saturated rings. The Balaban J connectivity index is 2.57. The van der Waals surface area contributed by atoms with Crippen molar-refractivity contribution in [1.82, 2.24) is 4.90 Å². The van der Waals surface area contributed by atoms with E-state index in [9.17, 15) is 25.7 Å². The number of nitrogens with zero attached hydrogens (tertiary/aromatic N) is 5. The predicted octanol–water partition coefficient (Wildman–Crippen LogP) is -0.109. The fourth-order valence-electron chi connectivity index (χ4n) is 3.13. The maximum Gasteiger partial charge on any atom is 0.260 e. The van der Waals surface area contributed by atoms with E-state index in [1.165, 1.54) is 0 Å². The Morgan fingerprint density at radius 3 is 2.00 bits per heavy atom. The summed E-state index contributed by atoms with van der Waals surface area (Å²) in [4.78, 5) is 15.7. The van der Waals surface area contributed by atoms with Gasteiger partial charge in [-0.1, -0.05) is 12.1 Å². The summed E-state index contributed by atoms with van der Waals surface area (Å²) in [5, 5.41) is 55.7. The van der Waals surface area contributed by atoms with Crippen molar-refractivity contribution in [3.8, 4) is 18.2 Å². The zero-order valence-electron chi connectivity index (χ0n) is 15.5. The molecule has 0 atom stereocenters. The highest BCUT2D eigenvalue weighted by molar-refractivity contribution is 6.25. The van der Waals surface area contributed by atoms with Crippen molar-refractivity contribution >= 4 is 17.2 Å². The van der Waals surface area contributed by atoms with Crippen LogP contribution in [0.5, 0.6) is 0 Å². The van der Waals surface area contributed by atoms with Crippen molar-refractivity contribution in [2.24, 2.45) is 0 Å². The molecule has 9 nitrogen and oxygen atoms in total. The van der Waals surface area contributed by atoms with Crippen LogP contribution in [0.3, 0.4) is 0 Å². The fourth-order valence-corrected chi connectivity index (χ4v) is 3.13. The molecule has 29 heavy (non-hydrogen) atoms. The van der Waals surface area contributed by atoms with Crippen LogP contribution in [-0.4, -0.2) is 65.6 Å². The van der Waals surface area contributed by atoms with Gasteiger partial charge in [0.1, 0.15) is 18.2 Å². The quantitative estimate of drug-likeness (QED) is 0.517. The number of carbonyl (C=O) groups excluding carboxylic acids is 1. The van der Waals surface area contributed by atoms with Gasteiger partial charge in [-0.2, -0.15) is 15.8 Å². The lowest BCUT2D eigenvalue weighted by molar-refractivity contribution is -0.122. The van der Waals surface area contributed by atoms with Crippen molar-refractivity contribution in [1.29, 1.82) is 15.8 Å². The van der Waals surface area contributed by atoms with Gasteiger partial charge in [0, 0.05) is 25.3 Å². The number of nitriles is 3. The molecule has 3 N–H and O–H groups in total. The van der Waals surface area contributed by atoms with Crippen molar-refractivity contribution in [2.45, 2.75) is 0 Å². The van der Waals surface area contributed by atoms with E-state index >= 15 is 0 Å². The smallest absolute Gasteiger partial charge is 0.260 e. The Morgan fingerprint density at radius 2 is 1.55 bits per heavy atom. The molecule has 1 aliphatic rings. The van der Waals surface area contributed by atoms with E-state index in [1.54, 1.807) is 41.3 Å². The predicted molar refractivity (Wildman–Crippen MR) is 102 cm³/mol. The van der Waals surface area contributed by atoms with Gasteiger partial charge in [-0.05, 0) is 17.7 Å². The van der Waals surface area contributed by atoms with Gasteiger partial charge >= 0.3 is 0 Å². The summed E-state index contributed by atoms with van der Waals surface area (Å²) in [6.07, 6.45) is 0.